The average Bonchev–Trinajstić information content (AvgIpc) is 2.75. The van der Waals surface area contributed by atoms with Crippen molar-refractivity contribution in [1.29, 1.82) is 0 Å². The van der Waals surface area contributed by atoms with Gasteiger partial charge in [-0.2, -0.15) is 17.4 Å². The second kappa shape index (κ2) is 5.42. The highest BCUT2D eigenvalue weighted by molar-refractivity contribution is 7.87. The molecule has 0 saturated carbocycles. The maximum atomic E-state index is 12.1. The molecule has 2 saturated heterocycles. The Bertz CT molecular complexity index is 379. The summed E-state index contributed by atoms with van der Waals surface area (Å²) < 4.78 is 28.3. The number of hydrogen-bond acceptors (Lipinski definition) is 4. The lowest BCUT2D eigenvalue weighted by Crippen LogP contribution is -2.51. The van der Waals surface area contributed by atoms with Gasteiger partial charge >= 0.3 is 0 Å². The van der Waals surface area contributed by atoms with E-state index >= 15 is 0 Å². The first-order valence-electron chi connectivity index (χ1n) is 6.59. The molecule has 3 N–H and O–H groups in total. The molecule has 106 valence electrons. The Labute approximate surface area is 109 Å². The number of piperidine rings is 1. The van der Waals surface area contributed by atoms with Crippen LogP contribution in [0.15, 0.2) is 0 Å². The summed E-state index contributed by atoms with van der Waals surface area (Å²) in [6, 6.07) is 0. The van der Waals surface area contributed by atoms with Gasteiger partial charge in [0.2, 0.25) is 0 Å². The zero-order valence-corrected chi connectivity index (χ0v) is 11.7. The van der Waals surface area contributed by atoms with E-state index in [4.69, 9.17) is 0 Å². The molecule has 0 spiro atoms. The molecular formula is C11H23N3O3S. The highest BCUT2D eigenvalue weighted by Crippen LogP contribution is 2.18. The third kappa shape index (κ3) is 3.42. The van der Waals surface area contributed by atoms with E-state index < -0.39 is 15.8 Å². The minimum absolute atomic E-state index is 0.0905. The predicted octanol–water partition coefficient (Wildman–Crippen LogP) is -0.723. The highest BCUT2D eigenvalue weighted by Gasteiger charge is 2.34. The Balaban J connectivity index is 1.90. The van der Waals surface area contributed by atoms with Crippen LogP contribution in [0.5, 0.6) is 0 Å². The molecule has 2 fully saturated rings. The summed E-state index contributed by atoms with van der Waals surface area (Å²) in [7, 11) is -3.45. The fourth-order valence-electron chi connectivity index (χ4n) is 2.56. The molecule has 0 amide bonds. The average molecular weight is 277 g/mol. The number of hydrogen-bond donors (Lipinski definition) is 3. The standard InChI is InChI=1S/C11H23N3O3S/c1-10-3-2-6-14(7-10)18(16,17)13-9-11(15)4-5-12-8-11/h10,12-13,15H,2-9H2,1H3. The molecular weight excluding hydrogens is 254 g/mol. The van der Waals surface area contributed by atoms with Gasteiger partial charge in [0.1, 0.15) is 0 Å². The summed E-state index contributed by atoms with van der Waals surface area (Å²) in [6.07, 6.45) is 2.58. The Morgan fingerprint density at radius 2 is 2.33 bits per heavy atom. The zero-order chi connectivity index (χ0) is 13.2. The van der Waals surface area contributed by atoms with E-state index in [0.29, 0.717) is 32.0 Å². The topological polar surface area (TPSA) is 81.7 Å². The SMILES string of the molecule is CC1CCCN(S(=O)(=O)NCC2(O)CCNC2)C1. The molecule has 0 aromatic carbocycles. The van der Waals surface area contributed by atoms with Crippen molar-refractivity contribution in [2.45, 2.75) is 31.8 Å². The van der Waals surface area contributed by atoms with Crippen LogP contribution in [-0.2, 0) is 10.2 Å². The smallest absolute Gasteiger partial charge is 0.279 e. The molecule has 0 bridgehead atoms. The van der Waals surface area contributed by atoms with Crippen molar-refractivity contribution in [3.63, 3.8) is 0 Å². The van der Waals surface area contributed by atoms with Crippen molar-refractivity contribution < 1.29 is 13.5 Å². The number of nitrogens with zero attached hydrogens (tertiary/aromatic N) is 1. The van der Waals surface area contributed by atoms with Crippen LogP contribution in [0.25, 0.3) is 0 Å². The molecule has 0 aromatic heterocycles. The lowest BCUT2D eigenvalue weighted by atomic mass is 10.0. The van der Waals surface area contributed by atoms with E-state index in [1.807, 2.05) is 0 Å². The Morgan fingerprint density at radius 3 is 2.94 bits per heavy atom. The van der Waals surface area contributed by atoms with Gasteiger partial charge in [-0.3, -0.25) is 0 Å². The Morgan fingerprint density at radius 1 is 1.56 bits per heavy atom. The summed E-state index contributed by atoms with van der Waals surface area (Å²) in [5, 5.41) is 13.1. The van der Waals surface area contributed by atoms with Crippen molar-refractivity contribution in [2.75, 3.05) is 32.7 Å². The molecule has 7 heteroatoms. The molecule has 2 aliphatic rings. The zero-order valence-electron chi connectivity index (χ0n) is 10.9. The molecule has 0 aromatic rings. The highest BCUT2D eigenvalue weighted by atomic mass is 32.2. The second-order valence-electron chi connectivity index (χ2n) is 5.58. The van der Waals surface area contributed by atoms with Crippen molar-refractivity contribution in [2.24, 2.45) is 5.92 Å². The van der Waals surface area contributed by atoms with Crippen LogP contribution in [0.4, 0.5) is 0 Å². The van der Waals surface area contributed by atoms with Gasteiger partial charge in [-0.25, -0.2) is 0 Å². The Hall–Kier alpha value is -0.210. The fraction of sp³-hybridized carbons (Fsp3) is 1.00. The summed E-state index contributed by atoms with van der Waals surface area (Å²) in [4.78, 5) is 0. The quantitative estimate of drug-likeness (QED) is 0.633. The molecule has 0 radical (unpaired) electrons. The first-order valence-corrected chi connectivity index (χ1v) is 8.03. The number of aliphatic hydroxyl groups is 1. The minimum atomic E-state index is -3.45. The van der Waals surface area contributed by atoms with Gasteiger partial charge < -0.3 is 10.4 Å². The van der Waals surface area contributed by atoms with E-state index in [9.17, 15) is 13.5 Å². The van der Waals surface area contributed by atoms with Crippen LogP contribution in [0.3, 0.4) is 0 Å². The molecule has 18 heavy (non-hydrogen) atoms. The van der Waals surface area contributed by atoms with Gasteiger partial charge in [0.25, 0.3) is 10.2 Å². The van der Waals surface area contributed by atoms with Crippen LogP contribution < -0.4 is 10.0 Å². The van der Waals surface area contributed by atoms with Gasteiger partial charge in [-0.05, 0) is 31.7 Å². The maximum Gasteiger partial charge on any atom is 0.279 e. The third-order valence-electron chi connectivity index (χ3n) is 3.76. The Kier molecular flexibility index (Phi) is 4.28. The molecule has 2 unspecified atom stereocenters. The molecule has 2 heterocycles. The molecule has 2 atom stereocenters. The number of rotatable bonds is 4. The van der Waals surface area contributed by atoms with Gasteiger partial charge in [0.05, 0.1) is 5.60 Å². The van der Waals surface area contributed by atoms with Crippen LogP contribution in [-0.4, -0.2) is 56.2 Å². The minimum Gasteiger partial charge on any atom is -0.387 e. The van der Waals surface area contributed by atoms with E-state index in [1.165, 1.54) is 4.31 Å². The normalized spacial score (nSPS) is 34.9. The van der Waals surface area contributed by atoms with Crippen LogP contribution in [0.2, 0.25) is 0 Å². The van der Waals surface area contributed by atoms with E-state index in [0.717, 1.165) is 19.4 Å². The van der Waals surface area contributed by atoms with Crippen molar-refractivity contribution in [1.82, 2.24) is 14.3 Å². The van der Waals surface area contributed by atoms with Gasteiger partial charge in [-0.1, -0.05) is 6.92 Å². The molecule has 6 nitrogen and oxygen atoms in total. The molecule has 2 rings (SSSR count). The first kappa shape index (κ1) is 14.2. The molecule has 0 aliphatic carbocycles. The number of nitrogens with one attached hydrogen (secondary N) is 2. The van der Waals surface area contributed by atoms with Crippen molar-refractivity contribution in [3.8, 4) is 0 Å². The summed E-state index contributed by atoms with van der Waals surface area (Å²) in [5.74, 6) is 0.409. The van der Waals surface area contributed by atoms with E-state index in [-0.39, 0.29) is 6.54 Å². The third-order valence-corrected chi connectivity index (χ3v) is 5.29. The van der Waals surface area contributed by atoms with Gasteiger partial charge in [0.15, 0.2) is 0 Å². The van der Waals surface area contributed by atoms with Crippen LogP contribution >= 0.6 is 0 Å². The first-order chi connectivity index (χ1) is 8.41. The largest absolute Gasteiger partial charge is 0.387 e. The van der Waals surface area contributed by atoms with Crippen molar-refractivity contribution in [3.05, 3.63) is 0 Å². The number of β-amino-alcohol motifs (C(OH)–C–C–N with tert-alkyl or cyclic N) is 1. The lowest BCUT2D eigenvalue weighted by molar-refractivity contribution is 0.0661. The summed E-state index contributed by atoms with van der Waals surface area (Å²) >= 11 is 0. The maximum absolute atomic E-state index is 12.1. The van der Waals surface area contributed by atoms with Crippen LogP contribution in [0, 0.1) is 5.92 Å². The van der Waals surface area contributed by atoms with Gasteiger partial charge in [-0.15, -0.1) is 0 Å². The van der Waals surface area contributed by atoms with Crippen LogP contribution in [0.1, 0.15) is 26.2 Å². The van der Waals surface area contributed by atoms with E-state index in [1.54, 1.807) is 0 Å². The predicted molar refractivity (Wildman–Crippen MR) is 69.3 cm³/mol. The lowest BCUT2D eigenvalue weighted by Gasteiger charge is -2.31. The fourth-order valence-corrected chi connectivity index (χ4v) is 4.02. The van der Waals surface area contributed by atoms with E-state index in [2.05, 4.69) is 17.0 Å². The summed E-state index contributed by atoms with van der Waals surface area (Å²) in [6.45, 7) is 4.50. The second-order valence-corrected chi connectivity index (χ2v) is 7.34. The molecule has 2 aliphatic heterocycles. The van der Waals surface area contributed by atoms with Gasteiger partial charge in [0, 0.05) is 26.2 Å². The monoisotopic (exact) mass is 277 g/mol. The summed E-state index contributed by atoms with van der Waals surface area (Å²) in [5.41, 5.74) is -0.936. The van der Waals surface area contributed by atoms with Crippen molar-refractivity contribution >= 4 is 10.2 Å².